The van der Waals surface area contributed by atoms with Crippen molar-refractivity contribution < 1.29 is 9.53 Å². The second-order valence-electron chi connectivity index (χ2n) is 4.09. The van der Waals surface area contributed by atoms with E-state index < -0.39 is 5.60 Å². The van der Waals surface area contributed by atoms with Gasteiger partial charge in [0, 0.05) is 6.54 Å². The summed E-state index contributed by atoms with van der Waals surface area (Å²) >= 11 is 0. The van der Waals surface area contributed by atoms with Gasteiger partial charge in [0.25, 0.3) is 0 Å². The molecule has 1 aliphatic heterocycles. The normalized spacial score (nSPS) is 22.8. The van der Waals surface area contributed by atoms with Crippen molar-refractivity contribution in [2.45, 2.75) is 38.8 Å². The predicted molar refractivity (Wildman–Crippen MR) is 50.1 cm³/mol. The molecule has 0 aromatic rings. The average Bonchev–Trinajstić information content (AvgIpc) is 2.03. The molecule has 1 N–H and O–H groups in total. The minimum absolute atomic E-state index is 0.222. The summed E-state index contributed by atoms with van der Waals surface area (Å²) in [5, 5.41) is 3.05. The zero-order valence-electron chi connectivity index (χ0n) is 8.39. The first-order valence-corrected chi connectivity index (χ1v) is 4.52. The lowest BCUT2D eigenvalue weighted by molar-refractivity contribution is -0.156. The van der Waals surface area contributed by atoms with Gasteiger partial charge in [-0.3, -0.25) is 0 Å². The van der Waals surface area contributed by atoms with Gasteiger partial charge in [-0.1, -0.05) is 6.08 Å². The molecule has 1 radical (unpaired) electrons. The van der Waals surface area contributed by atoms with Crippen LogP contribution in [0.1, 0.15) is 27.2 Å². The third-order valence-electron chi connectivity index (χ3n) is 1.58. The summed E-state index contributed by atoms with van der Waals surface area (Å²) in [5.41, 5.74) is -0.413. The van der Waals surface area contributed by atoms with Crippen molar-refractivity contribution in [3.8, 4) is 0 Å². The zero-order valence-corrected chi connectivity index (χ0v) is 8.39. The molecule has 73 valence electrons. The van der Waals surface area contributed by atoms with E-state index in [1.165, 1.54) is 0 Å². The predicted octanol–water partition coefficient (Wildman–Crippen LogP) is 1.05. The molecule has 1 aliphatic rings. The molecule has 13 heavy (non-hydrogen) atoms. The smallest absolute Gasteiger partial charge is 0.327 e. The SMILES string of the molecule is CC(C)(C)OC(=O)C1C=[C]CCN1. The van der Waals surface area contributed by atoms with Crippen LogP contribution in [0.5, 0.6) is 0 Å². The summed E-state index contributed by atoms with van der Waals surface area (Å²) in [5.74, 6) is -0.222. The summed E-state index contributed by atoms with van der Waals surface area (Å²) in [6.07, 6.45) is 5.61. The highest BCUT2D eigenvalue weighted by Crippen LogP contribution is 2.09. The van der Waals surface area contributed by atoms with E-state index in [1.54, 1.807) is 6.08 Å². The Morgan fingerprint density at radius 3 is 2.77 bits per heavy atom. The third-order valence-corrected chi connectivity index (χ3v) is 1.58. The molecular formula is C10H16NO2. The number of carbonyl (C=O) groups excluding carboxylic acids is 1. The maximum Gasteiger partial charge on any atom is 0.327 e. The Morgan fingerprint density at radius 2 is 2.31 bits per heavy atom. The molecule has 0 amide bonds. The van der Waals surface area contributed by atoms with Gasteiger partial charge in [-0.15, -0.1) is 0 Å². The molecule has 1 unspecified atom stereocenters. The van der Waals surface area contributed by atoms with E-state index in [-0.39, 0.29) is 12.0 Å². The second-order valence-corrected chi connectivity index (χ2v) is 4.09. The van der Waals surface area contributed by atoms with Gasteiger partial charge in [-0.05, 0) is 33.3 Å². The molecule has 3 heteroatoms. The fraction of sp³-hybridized carbons (Fsp3) is 0.700. The van der Waals surface area contributed by atoms with Crippen molar-refractivity contribution in [1.29, 1.82) is 0 Å². The van der Waals surface area contributed by atoms with Crippen LogP contribution in [-0.4, -0.2) is 24.2 Å². The van der Waals surface area contributed by atoms with E-state index in [1.807, 2.05) is 20.8 Å². The molecule has 0 fully saturated rings. The standard InChI is InChI=1S/C10H16NO2/c1-10(2,3)13-9(12)8-6-4-5-7-11-8/h6,8,11H,5,7H2,1-3H3. The Balaban J connectivity index is 2.47. The lowest BCUT2D eigenvalue weighted by atomic mass is 10.1. The molecule has 1 heterocycles. The van der Waals surface area contributed by atoms with Crippen LogP contribution in [0.3, 0.4) is 0 Å². The number of hydrogen-bond donors (Lipinski definition) is 1. The van der Waals surface area contributed by atoms with Crippen LogP contribution < -0.4 is 5.32 Å². The monoisotopic (exact) mass is 182 g/mol. The van der Waals surface area contributed by atoms with E-state index in [9.17, 15) is 4.79 Å². The molecule has 0 spiro atoms. The van der Waals surface area contributed by atoms with Gasteiger partial charge in [0.2, 0.25) is 0 Å². The molecule has 1 atom stereocenters. The largest absolute Gasteiger partial charge is 0.459 e. The maximum absolute atomic E-state index is 11.5. The van der Waals surface area contributed by atoms with Gasteiger partial charge in [-0.25, -0.2) is 4.79 Å². The summed E-state index contributed by atoms with van der Waals surface area (Å²) < 4.78 is 5.20. The minimum atomic E-state index is -0.413. The highest BCUT2D eigenvalue weighted by Gasteiger charge is 2.23. The summed E-state index contributed by atoms with van der Waals surface area (Å²) in [7, 11) is 0. The van der Waals surface area contributed by atoms with Crippen LogP contribution in [0.2, 0.25) is 0 Å². The van der Waals surface area contributed by atoms with Gasteiger partial charge in [0.15, 0.2) is 0 Å². The lowest BCUT2D eigenvalue weighted by Gasteiger charge is -2.24. The van der Waals surface area contributed by atoms with Gasteiger partial charge in [0.1, 0.15) is 11.6 Å². The van der Waals surface area contributed by atoms with Crippen molar-refractivity contribution in [2.75, 3.05) is 6.54 Å². The molecule has 3 nitrogen and oxygen atoms in total. The zero-order chi connectivity index (χ0) is 9.90. The number of rotatable bonds is 1. The van der Waals surface area contributed by atoms with Gasteiger partial charge in [0.05, 0.1) is 0 Å². The summed E-state index contributed by atoms with van der Waals surface area (Å²) in [4.78, 5) is 11.5. The number of esters is 1. The van der Waals surface area contributed by atoms with Crippen molar-refractivity contribution in [1.82, 2.24) is 5.32 Å². The molecule has 0 bridgehead atoms. The lowest BCUT2D eigenvalue weighted by Crippen LogP contribution is -2.41. The first kappa shape index (κ1) is 10.3. The first-order valence-electron chi connectivity index (χ1n) is 4.52. The molecule has 0 aromatic heterocycles. The van der Waals surface area contributed by atoms with Crippen molar-refractivity contribution in [3.05, 3.63) is 12.2 Å². The highest BCUT2D eigenvalue weighted by atomic mass is 16.6. The molecule has 0 saturated heterocycles. The number of carbonyl (C=O) groups is 1. The molecule has 0 aromatic carbocycles. The van der Waals surface area contributed by atoms with Crippen LogP contribution in [0.25, 0.3) is 0 Å². The van der Waals surface area contributed by atoms with Gasteiger partial charge >= 0.3 is 5.97 Å². The van der Waals surface area contributed by atoms with Crippen LogP contribution in [0, 0.1) is 6.08 Å². The Kier molecular flexibility index (Phi) is 3.09. The minimum Gasteiger partial charge on any atom is -0.459 e. The Bertz CT molecular complexity index is 215. The van der Waals surface area contributed by atoms with Crippen molar-refractivity contribution in [3.63, 3.8) is 0 Å². The molecule has 1 rings (SSSR count). The molecule has 0 saturated carbocycles. The number of hydrogen-bond acceptors (Lipinski definition) is 3. The summed E-state index contributed by atoms with van der Waals surface area (Å²) in [6, 6.07) is -0.312. The first-order chi connectivity index (χ1) is 5.99. The fourth-order valence-electron chi connectivity index (χ4n) is 1.08. The molecular weight excluding hydrogens is 166 g/mol. The van der Waals surface area contributed by atoms with E-state index >= 15 is 0 Å². The summed E-state index contributed by atoms with van der Waals surface area (Å²) in [6.45, 7) is 6.38. The van der Waals surface area contributed by atoms with Crippen LogP contribution in [0.15, 0.2) is 6.08 Å². The Hall–Kier alpha value is -0.830. The van der Waals surface area contributed by atoms with Gasteiger partial charge in [-0.2, -0.15) is 0 Å². The molecule has 0 aliphatic carbocycles. The maximum atomic E-state index is 11.5. The van der Waals surface area contributed by atoms with Crippen molar-refractivity contribution in [2.24, 2.45) is 0 Å². The Labute approximate surface area is 79.2 Å². The van der Waals surface area contributed by atoms with Crippen LogP contribution in [-0.2, 0) is 9.53 Å². The van der Waals surface area contributed by atoms with E-state index in [2.05, 4.69) is 11.4 Å². The quantitative estimate of drug-likeness (QED) is 0.616. The fourth-order valence-corrected chi connectivity index (χ4v) is 1.08. The van der Waals surface area contributed by atoms with Crippen LogP contribution >= 0.6 is 0 Å². The highest BCUT2D eigenvalue weighted by molar-refractivity contribution is 5.78. The average molecular weight is 182 g/mol. The van der Waals surface area contributed by atoms with Crippen molar-refractivity contribution >= 4 is 5.97 Å². The topological polar surface area (TPSA) is 38.3 Å². The second kappa shape index (κ2) is 3.92. The number of nitrogens with one attached hydrogen (secondary N) is 1. The van der Waals surface area contributed by atoms with Gasteiger partial charge < -0.3 is 10.1 Å². The Morgan fingerprint density at radius 1 is 1.62 bits per heavy atom. The van der Waals surface area contributed by atoms with E-state index in [4.69, 9.17) is 4.74 Å². The third kappa shape index (κ3) is 3.59. The van der Waals surface area contributed by atoms with Crippen LogP contribution in [0.4, 0.5) is 0 Å². The van der Waals surface area contributed by atoms with E-state index in [0.29, 0.717) is 0 Å². The van der Waals surface area contributed by atoms with E-state index in [0.717, 1.165) is 13.0 Å². The number of ether oxygens (including phenoxy) is 1.